The van der Waals surface area contributed by atoms with E-state index in [0.29, 0.717) is 13.2 Å². The summed E-state index contributed by atoms with van der Waals surface area (Å²) >= 11 is 0. The molecule has 1 aliphatic heterocycles. The summed E-state index contributed by atoms with van der Waals surface area (Å²) in [6, 6.07) is 0. The first-order valence-corrected chi connectivity index (χ1v) is 12.5. The van der Waals surface area contributed by atoms with E-state index in [-0.39, 0.29) is 12.3 Å². The van der Waals surface area contributed by atoms with Crippen LogP contribution in [0.25, 0.3) is 0 Å². The molecule has 1 heterocycles. The van der Waals surface area contributed by atoms with E-state index in [1.165, 1.54) is 25.7 Å². The van der Waals surface area contributed by atoms with Crippen molar-refractivity contribution in [2.24, 2.45) is 5.92 Å². The Balaban J connectivity index is 2.35. The lowest BCUT2D eigenvalue weighted by Gasteiger charge is -2.22. The highest BCUT2D eigenvalue weighted by Gasteiger charge is 2.23. The van der Waals surface area contributed by atoms with E-state index in [1.54, 1.807) is 0 Å². The first-order chi connectivity index (χ1) is 12.9. The van der Waals surface area contributed by atoms with Crippen LogP contribution in [0.5, 0.6) is 0 Å². The molecule has 0 radical (unpaired) electrons. The number of rotatable bonds is 16. The van der Waals surface area contributed by atoms with E-state index in [9.17, 15) is 8.42 Å². The predicted octanol–water partition coefficient (Wildman–Crippen LogP) is 3.80. The van der Waals surface area contributed by atoms with E-state index < -0.39 is 10.1 Å². The molecule has 0 N–H and O–H groups in total. The van der Waals surface area contributed by atoms with Gasteiger partial charge in [0.05, 0.1) is 26.1 Å². The molecule has 2 atom stereocenters. The third-order valence-electron chi connectivity index (χ3n) is 5.12. The molecule has 27 heavy (non-hydrogen) atoms. The minimum atomic E-state index is -3.47. The fourth-order valence-corrected chi connectivity index (χ4v) is 4.52. The molecule has 1 rings (SSSR count). The topological polar surface area (TPSA) is 65.1 Å². The first-order valence-electron chi connectivity index (χ1n) is 10.7. The molecule has 0 saturated carbocycles. The van der Waals surface area contributed by atoms with Crippen LogP contribution in [0.2, 0.25) is 0 Å². The summed E-state index contributed by atoms with van der Waals surface area (Å²) in [4.78, 5) is 2.27. The van der Waals surface area contributed by atoms with Crippen LogP contribution in [0.3, 0.4) is 0 Å². The zero-order valence-electron chi connectivity index (χ0n) is 17.8. The molecule has 1 aliphatic rings. The second kappa shape index (κ2) is 13.9. The first kappa shape index (κ1) is 24.8. The third kappa shape index (κ3) is 11.4. The summed E-state index contributed by atoms with van der Waals surface area (Å²) in [6.07, 6.45) is 9.62. The highest BCUT2D eigenvalue weighted by molar-refractivity contribution is 7.86. The number of nitrogens with zero attached hydrogens (tertiary/aromatic N) is 1. The van der Waals surface area contributed by atoms with Gasteiger partial charge in [-0.1, -0.05) is 59.3 Å². The maximum Gasteiger partial charge on any atom is 0.264 e. The zero-order chi connectivity index (χ0) is 20.1. The van der Waals surface area contributed by atoms with Crippen LogP contribution in [0.4, 0.5) is 0 Å². The number of ether oxygens (including phenoxy) is 2. The summed E-state index contributed by atoms with van der Waals surface area (Å²) in [5, 5.41) is 0. The SMILES string of the molecule is CCCC(CCC)CCCC(COCCN1CCOC1CC)OS(C)(=O)=O. The molecule has 0 bridgehead atoms. The molecular formula is C20H41NO5S. The fraction of sp³-hybridized carbons (Fsp3) is 1.00. The van der Waals surface area contributed by atoms with Crippen LogP contribution in [0.15, 0.2) is 0 Å². The molecule has 1 fully saturated rings. The van der Waals surface area contributed by atoms with E-state index >= 15 is 0 Å². The summed E-state index contributed by atoms with van der Waals surface area (Å²) < 4.78 is 39.8. The van der Waals surface area contributed by atoms with E-state index in [0.717, 1.165) is 57.6 Å². The predicted molar refractivity (Wildman–Crippen MR) is 109 cm³/mol. The van der Waals surface area contributed by atoms with Crippen molar-refractivity contribution in [3.63, 3.8) is 0 Å². The minimum Gasteiger partial charge on any atom is -0.377 e. The van der Waals surface area contributed by atoms with E-state index in [4.69, 9.17) is 13.7 Å². The van der Waals surface area contributed by atoms with Crippen LogP contribution < -0.4 is 0 Å². The summed E-state index contributed by atoms with van der Waals surface area (Å²) in [6.45, 7) is 9.96. The number of hydrogen-bond donors (Lipinski definition) is 0. The normalized spacial score (nSPS) is 19.8. The minimum absolute atomic E-state index is 0.186. The fourth-order valence-electron chi connectivity index (χ4n) is 3.87. The highest BCUT2D eigenvalue weighted by Crippen LogP contribution is 2.21. The quantitative estimate of drug-likeness (QED) is 0.286. The molecular weight excluding hydrogens is 366 g/mol. The second-order valence-electron chi connectivity index (χ2n) is 7.64. The van der Waals surface area contributed by atoms with Crippen molar-refractivity contribution in [2.45, 2.75) is 84.5 Å². The van der Waals surface area contributed by atoms with E-state index in [2.05, 4.69) is 25.7 Å². The van der Waals surface area contributed by atoms with Crippen molar-refractivity contribution >= 4 is 10.1 Å². The number of hydrogen-bond acceptors (Lipinski definition) is 6. The average molecular weight is 408 g/mol. The van der Waals surface area contributed by atoms with Crippen molar-refractivity contribution in [3.05, 3.63) is 0 Å². The standard InChI is InChI=1S/C20H41NO5S/c1-5-9-18(10-6-2)11-8-12-19(26-27(4,22)23)17-24-15-13-21-14-16-25-20(21)7-3/h18-20H,5-17H2,1-4H3. The van der Waals surface area contributed by atoms with Gasteiger partial charge in [0.1, 0.15) is 12.3 Å². The zero-order valence-corrected chi connectivity index (χ0v) is 18.6. The van der Waals surface area contributed by atoms with Crippen molar-refractivity contribution in [3.8, 4) is 0 Å². The van der Waals surface area contributed by atoms with Crippen molar-refractivity contribution in [2.75, 3.05) is 39.2 Å². The van der Waals surface area contributed by atoms with Gasteiger partial charge in [-0.25, -0.2) is 0 Å². The molecule has 0 aromatic rings. The van der Waals surface area contributed by atoms with Crippen LogP contribution >= 0.6 is 0 Å². The summed E-state index contributed by atoms with van der Waals surface area (Å²) in [5.41, 5.74) is 0. The average Bonchev–Trinajstić information content (AvgIpc) is 3.05. The Labute approximate surface area is 167 Å². The third-order valence-corrected chi connectivity index (χ3v) is 5.74. The molecule has 162 valence electrons. The highest BCUT2D eigenvalue weighted by atomic mass is 32.2. The molecule has 6 nitrogen and oxygen atoms in total. The van der Waals surface area contributed by atoms with Crippen molar-refractivity contribution in [1.82, 2.24) is 4.90 Å². The van der Waals surface area contributed by atoms with Gasteiger partial charge in [0, 0.05) is 13.1 Å². The van der Waals surface area contributed by atoms with Gasteiger partial charge in [-0.3, -0.25) is 9.08 Å². The van der Waals surface area contributed by atoms with Gasteiger partial charge in [-0.15, -0.1) is 0 Å². The molecule has 0 spiro atoms. The van der Waals surface area contributed by atoms with Crippen LogP contribution in [-0.4, -0.2) is 64.8 Å². The Hall–Kier alpha value is -0.210. The van der Waals surface area contributed by atoms with Crippen LogP contribution in [0, 0.1) is 5.92 Å². The monoisotopic (exact) mass is 407 g/mol. The van der Waals surface area contributed by atoms with Crippen molar-refractivity contribution < 1.29 is 22.1 Å². The molecule has 2 unspecified atom stereocenters. The lowest BCUT2D eigenvalue weighted by molar-refractivity contribution is 0.00126. The molecule has 7 heteroatoms. The van der Waals surface area contributed by atoms with Gasteiger partial charge in [-0.05, 0) is 18.8 Å². The summed E-state index contributed by atoms with van der Waals surface area (Å²) in [5.74, 6) is 0.737. The van der Waals surface area contributed by atoms with Gasteiger partial charge < -0.3 is 9.47 Å². The molecule has 1 saturated heterocycles. The Morgan fingerprint density at radius 1 is 1.11 bits per heavy atom. The molecule has 0 amide bonds. The van der Waals surface area contributed by atoms with Crippen LogP contribution in [-0.2, 0) is 23.8 Å². The maximum atomic E-state index is 11.6. The largest absolute Gasteiger partial charge is 0.377 e. The molecule has 0 aromatic heterocycles. The Morgan fingerprint density at radius 3 is 2.41 bits per heavy atom. The van der Waals surface area contributed by atoms with E-state index in [1.807, 2.05) is 0 Å². The maximum absolute atomic E-state index is 11.6. The van der Waals surface area contributed by atoms with Crippen LogP contribution in [0.1, 0.15) is 72.1 Å². The van der Waals surface area contributed by atoms with Gasteiger partial charge in [0.25, 0.3) is 10.1 Å². The van der Waals surface area contributed by atoms with Gasteiger partial charge in [0.2, 0.25) is 0 Å². The second-order valence-corrected chi connectivity index (χ2v) is 9.24. The van der Waals surface area contributed by atoms with Gasteiger partial charge in [0.15, 0.2) is 0 Å². The molecule has 0 aromatic carbocycles. The smallest absolute Gasteiger partial charge is 0.264 e. The Kier molecular flexibility index (Phi) is 12.8. The lowest BCUT2D eigenvalue weighted by Crippen LogP contribution is -2.33. The lowest BCUT2D eigenvalue weighted by atomic mass is 9.92. The van der Waals surface area contributed by atoms with Gasteiger partial charge in [-0.2, -0.15) is 8.42 Å². The van der Waals surface area contributed by atoms with Crippen molar-refractivity contribution in [1.29, 1.82) is 0 Å². The Bertz CT molecular complexity index is 465. The van der Waals surface area contributed by atoms with Gasteiger partial charge >= 0.3 is 0 Å². The summed E-state index contributed by atoms with van der Waals surface area (Å²) in [7, 11) is -3.47. The Morgan fingerprint density at radius 2 is 1.81 bits per heavy atom. The molecule has 0 aliphatic carbocycles.